The first kappa shape index (κ1) is 17.4. The number of anilines is 1. The number of nitrogens with one attached hydrogen (secondary N) is 1. The molecule has 1 N–H and O–H groups in total. The molecule has 3 nitrogen and oxygen atoms in total. The third kappa shape index (κ3) is 3.37. The van der Waals surface area contributed by atoms with Crippen molar-refractivity contribution in [3.8, 4) is 0 Å². The second-order valence-corrected chi connectivity index (χ2v) is 6.64. The van der Waals surface area contributed by atoms with Crippen LogP contribution in [-0.4, -0.2) is 24.9 Å². The first-order valence-electron chi connectivity index (χ1n) is 7.82. The summed E-state index contributed by atoms with van der Waals surface area (Å²) in [5.74, 6) is 0.0422. The number of hydrogen-bond donors (Lipinski definition) is 1. The molecule has 1 aromatic carbocycles. The van der Waals surface area contributed by atoms with Gasteiger partial charge in [-0.05, 0) is 44.9 Å². The number of rotatable bonds is 4. The highest BCUT2D eigenvalue weighted by Crippen LogP contribution is 2.29. The Bertz CT molecular complexity index is 799. The number of aromatic amines is 1. The van der Waals surface area contributed by atoms with E-state index in [2.05, 4.69) is 18.0 Å². The zero-order chi connectivity index (χ0) is 17.3. The predicted octanol–water partition coefficient (Wildman–Crippen LogP) is 4.53. The second kappa shape index (κ2) is 6.67. The van der Waals surface area contributed by atoms with Crippen LogP contribution in [0.1, 0.15) is 45.2 Å². The first-order valence-corrected chi connectivity index (χ1v) is 8.23. The third-order valence-electron chi connectivity index (χ3n) is 4.02. The number of carbonyl (C=O) groups is 1. The van der Waals surface area contributed by atoms with Gasteiger partial charge in [0.15, 0.2) is 5.78 Å². The van der Waals surface area contributed by atoms with Crippen LogP contribution < -0.4 is 4.90 Å². The lowest BCUT2D eigenvalue weighted by atomic mass is 9.93. The fourth-order valence-electron chi connectivity index (χ4n) is 3.11. The highest BCUT2D eigenvalue weighted by molar-refractivity contribution is 7.71. The average molecular weight is 328 g/mol. The first-order chi connectivity index (χ1) is 10.8. The number of benzene rings is 1. The molecule has 122 valence electrons. The standard InChI is InChI=1S/C19H24N2OS/c1-7-15-13(4)20-19(23)17(21(5)6)16(15)18(22)14-9-11(2)8-12(3)10-14/h8-10H,7H2,1-6H3,(H,20,23). The van der Waals surface area contributed by atoms with E-state index in [0.29, 0.717) is 4.64 Å². The Kier molecular flexibility index (Phi) is 5.05. The number of nitrogens with zero attached hydrogens (tertiary/aromatic N) is 1. The molecule has 1 heterocycles. The van der Waals surface area contributed by atoms with Crippen molar-refractivity contribution in [3.05, 3.63) is 56.4 Å². The number of H-pyrrole nitrogens is 1. The summed E-state index contributed by atoms with van der Waals surface area (Å²) < 4.78 is 0.609. The fourth-order valence-corrected chi connectivity index (χ4v) is 3.55. The van der Waals surface area contributed by atoms with Gasteiger partial charge < -0.3 is 9.88 Å². The molecule has 0 spiro atoms. The summed E-state index contributed by atoms with van der Waals surface area (Å²) in [5.41, 5.74) is 6.43. The Labute approximate surface area is 143 Å². The number of ketones is 1. The number of pyridine rings is 1. The monoisotopic (exact) mass is 328 g/mol. The topological polar surface area (TPSA) is 36.1 Å². The van der Waals surface area contributed by atoms with E-state index in [1.807, 2.05) is 51.9 Å². The van der Waals surface area contributed by atoms with Crippen molar-refractivity contribution in [1.82, 2.24) is 4.98 Å². The quantitative estimate of drug-likeness (QED) is 0.662. The predicted molar refractivity (Wildman–Crippen MR) is 99.4 cm³/mol. The van der Waals surface area contributed by atoms with Crippen LogP contribution in [0.4, 0.5) is 5.69 Å². The molecule has 2 aromatic rings. The zero-order valence-corrected chi connectivity index (χ0v) is 15.5. The molecule has 0 atom stereocenters. The van der Waals surface area contributed by atoms with Crippen LogP contribution >= 0.6 is 12.2 Å². The van der Waals surface area contributed by atoms with E-state index in [1.54, 1.807) is 0 Å². The highest BCUT2D eigenvalue weighted by atomic mass is 32.1. The summed E-state index contributed by atoms with van der Waals surface area (Å²) in [6, 6.07) is 5.97. The van der Waals surface area contributed by atoms with Crippen molar-refractivity contribution >= 4 is 23.7 Å². The van der Waals surface area contributed by atoms with Gasteiger partial charge in [-0.15, -0.1) is 0 Å². The van der Waals surface area contributed by atoms with Crippen LogP contribution in [0.15, 0.2) is 18.2 Å². The van der Waals surface area contributed by atoms with Crippen LogP contribution in [0.2, 0.25) is 0 Å². The second-order valence-electron chi connectivity index (χ2n) is 6.23. The van der Waals surface area contributed by atoms with Gasteiger partial charge in [0.1, 0.15) is 4.64 Å². The number of carbonyl (C=O) groups excluding carboxylic acids is 1. The average Bonchev–Trinajstić information content (AvgIpc) is 2.44. The lowest BCUT2D eigenvalue weighted by Gasteiger charge is -2.21. The molecule has 4 heteroatoms. The summed E-state index contributed by atoms with van der Waals surface area (Å²) in [5, 5.41) is 0. The minimum absolute atomic E-state index is 0.0422. The van der Waals surface area contributed by atoms with Crippen molar-refractivity contribution in [2.75, 3.05) is 19.0 Å². The van der Waals surface area contributed by atoms with Crippen molar-refractivity contribution < 1.29 is 4.79 Å². The Hall–Kier alpha value is -1.94. The van der Waals surface area contributed by atoms with E-state index in [4.69, 9.17) is 12.2 Å². The molecule has 0 bridgehead atoms. The van der Waals surface area contributed by atoms with Gasteiger partial charge in [-0.2, -0.15) is 0 Å². The minimum Gasteiger partial charge on any atom is -0.375 e. The summed E-state index contributed by atoms with van der Waals surface area (Å²) in [6.45, 7) is 8.07. The molecule has 0 radical (unpaired) electrons. The zero-order valence-electron chi connectivity index (χ0n) is 14.7. The number of aryl methyl sites for hydroxylation is 3. The van der Waals surface area contributed by atoms with E-state index in [1.165, 1.54) is 0 Å². The van der Waals surface area contributed by atoms with E-state index in [0.717, 1.165) is 45.6 Å². The maximum absolute atomic E-state index is 13.3. The maximum atomic E-state index is 13.3. The van der Waals surface area contributed by atoms with Gasteiger partial charge in [0.05, 0.1) is 11.3 Å². The van der Waals surface area contributed by atoms with Crippen molar-refractivity contribution in [2.45, 2.75) is 34.1 Å². The largest absolute Gasteiger partial charge is 0.375 e. The Balaban J connectivity index is 2.79. The molecule has 0 aliphatic rings. The Morgan fingerprint density at radius 3 is 2.17 bits per heavy atom. The van der Waals surface area contributed by atoms with Crippen LogP contribution in [-0.2, 0) is 6.42 Å². The van der Waals surface area contributed by atoms with Crippen LogP contribution in [0, 0.1) is 25.4 Å². The number of hydrogen-bond acceptors (Lipinski definition) is 3. The Morgan fingerprint density at radius 2 is 1.70 bits per heavy atom. The van der Waals surface area contributed by atoms with Gasteiger partial charge >= 0.3 is 0 Å². The van der Waals surface area contributed by atoms with Gasteiger partial charge in [0, 0.05) is 25.4 Å². The summed E-state index contributed by atoms with van der Waals surface area (Å²) in [4.78, 5) is 18.4. The normalized spacial score (nSPS) is 10.7. The molecule has 0 saturated heterocycles. The molecule has 1 aromatic heterocycles. The molecule has 0 aliphatic carbocycles. The Morgan fingerprint density at radius 1 is 1.13 bits per heavy atom. The molecular weight excluding hydrogens is 304 g/mol. The molecule has 0 aliphatic heterocycles. The molecule has 0 fully saturated rings. The van der Waals surface area contributed by atoms with E-state index in [-0.39, 0.29) is 5.78 Å². The highest BCUT2D eigenvalue weighted by Gasteiger charge is 2.22. The van der Waals surface area contributed by atoms with Gasteiger partial charge in [-0.1, -0.05) is 36.3 Å². The third-order valence-corrected chi connectivity index (χ3v) is 4.31. The summed E-state index contributed by atoms with van der Waals surface area (Å²) >= 11 is 5.48. The van der Waals surface area contributed by atoms with Crippen molar-refractivity contribution in [3.63, 3.8) is 0 Å². The molecule has 23 heavy (non-hydrogen) atoms. The maximum Gasteiger partial charge on any atom is 0.195 e. The van der Waals surface area contributed by atoms with Crippen LogP contribution in [0.5, 0.6) is 0 Å². The fraction of sp³-hybridized carbons (Fsp3) is 0.368. The van der Waals surface area contributed by atoms with E-state index >= 15 is 0 Å². The molecule has 0 unspecified atom stereocenters. The van der Waals surface area contributed by atoms with Crippen LogP contribution in [0.25, 0.3) is 0 Å². The van der Waals surface area contributed by atoms with Gasteiger partial charge in [-0.3, -0.25) is 4.79 Å². The smallest absolute Gasteiger partial charge is 0.195 e. The van der Waals surface area contributed by atoms with E-state index < -0.39 is 0 Å². The van der Waals surface area contributed by atoms with Gasteiger partial charge in [0.25, 0.3) is 0 Å². The molecule has 0 saturated carbocycles. The van der Waals surface area contributed by atoms with E-state index in [9.17, 15) is 4.79 Å². The molecule has 2 rings (SSSR count). The van der Waals surface area contributed by atoms with Gasteiger partial charge in [0.2, 0.25) is 0 Å². The van der Waals surface area contributed by atoms with Crippen molar-refractivity contribution in [1.29, 1.82) is 0 Å². The van der Waals surface area contributed by atoms with Gasteiger partial charge in [-0.25, -0.2) is 0 Å². The minimum atomic E-state index is 0.0422. The summed E-state index contributed by atoms with van der Waals surface area (Å²) in [6.07, 6.45) is 0.782. The lowest BCUT2D eigenvalue weighted by molar-refractivity contribution is 0.103. The van der Waals surface area contributed by atoms with Crippen LogP contribution in [0.3, 0.4) is 0 Å². The molecular formula is C19H24N2OS. The van der Waals surface area contributed by atoms with Crippen molar-refractivity contribution in [2.24, 2.45) is 0 Å². The number of aromatic nitrogens is 1. The molecule has 0 amide bonds. The lowest BCUT2D eigenvalue weighted by Crippen LogP contribution is -2.19. The summed E-state index contributed by atoms with van der Waals surface area (Å²) in [7, 11) is 3.85. The SMILES string of the molecule is CCc1c(C)[nH]c(=S)c(N(C)C)c1C(=O)c1cc(C)cc(C)c1.